The predicted octanol–water partition coefficient (Wildman–Crippen LogP) is 2.51. The molecule has 0 aromatic carbocycles. The Kier molecular flexibility index (Phi) is 4.22. The van der Waals surface area contributed by atoms with Gasteiger partial charge in [-0.2, -0.15) is 0 Å². The zero-order chi connectivity index (χ0) is 8.97. The van der Waals surface area contributed by atoms with E-state index < -0.39 is 9.29 Å². The normalized spacial score (nSPS) is 23.0. The third-order valence-corrected chi connectivity index (χ3v) is 5.04. The quantitative estimate of drug-likeness (QED) is 0.531. The zero-order valence-electron chi connectivity index (χ0n) is 8.15. The molecule has 0 aliphatic heterocycles. The molecule has 0 bridgehead atoms. The van der Waals surface area contributed by atoms with Crippen LogP contribution in [-0.2, 0) is 0 Å². The van der Waals surface area contributed by atoms with E-state index in [4.69, 9.17) is 0 Å². The SMILES string of the molecule is CC(C)N[SiH](F)C1CCCCC1. The van der Waals surface area contributed by atoms with Crippen molar-refractivity contribution in [3.8, 4) is 0 Å². The predicted molar refractivity (Wildman–Crippen MR) is 53.4 cm³/mol. The first-order chi connectivity index (χ1) is 5.70. The Bertz CT molecular complexity index is 124. The molecular formula is C9H20FNSi. The fourth-order valence-electron chi connectivity index (χ4n) is 1.88. The number of halogens is 1. The Morgan fingerprint density at radius 2 is 1.83 bits per heavy atom. The van der Waals surface area contributed by atoms with E-state index in [0.717, 1.165) is 12.8 Å². The van der Waals surface area contributed by atoms with Gasteiger partial charge in [-0.25, -0.2) is 0 Å². The molecule has 0 saturated heterocycles. The molecule has 0 aromatic heterocycles. The summed E-state index contributed by atoms with van der Waals surface area (Å²) < 4.78 is 13.6. The first-order valence-corrected chi connectivity index (χ1v) is 6.78. The van der Waals surface area contributed by atoms with E-state index in [9.17, 15) is 4.11 Å². The molecule has 12 heavy (non-hydrogen) atoms. The van der Waals surface area contributed by atoms with Crippen LogP contribution in [-0.4, -0.2) is 15.3 Å². The van der Waals surface area contributed by atoms with Gasteiger partial charge in [0.25, 0.3) is 0 Å². The van der Waals surface area contributed by atoms with Crippen LogP contribution in [0.3, 0.4) is 0 Å². The van der Waals surface area contributed by atoms with Crippen LogP contribution in [0.5, 0.6) is 0 Å². The van der Waals surface area contributed by atoms with Gasteiger partial charge >= 0.3 is 9.29 Å². The molecule has 0 aromatic rings. The molecule has 1 unspecified atom stereocenters. The number of hydrogen-bond donors (Lipinski definition) is 1. The maximum absolute atomic E-state index is 13.6. The van der Waals surface area contributed by atoms with Crippen LogP contribution in [0.2, 0.25) is 5.54 Å². The molecule has 0 amide bonds. The molecule has 1 N–H and O–H groups in total. The maximum atomic E-state index is 13.6. The standard InChI is InChI=1S/C9H20FNSi/c1-8(2)11-12(10)9-6-4-3-5-7-9/h8-9,11-12H,3-7H2,1-2H3. The van der Waals surface area contributed by atoms with Gasteiger partial charge in [0.1, 0.15) is 0 Å². The van der Waals surface area contributed by atoms with Crippen LogP contribution < -0.4 is 4.98 Å². The molecule has 1 nitrogen and oxygen atoms in total. The number of nitrogens with one attached hydrogen (secondary N) is 1. The van der Waals surface area contributed by atoms with Gasteiger partial charge in [-0.05, 0) is 24.4 Å². The van der Waals surface area contributed by atoms with Crippen molar-refractivity contribution in [2.75, 3.05) is 0 Å². The lowest BCUT2D eigenvalue weighted by atomic mass is 10.0. The molecule has 0 spiro atoms. The topological polar surface area (TPSA) is 12.0 Å². The molecule has 1 saturated carbocycles. The third kappa shape index (κ3) is 3.23. The van der Waals surface area contributed by atoms with Gasteiger partial charge < -0.3 is 4.98 Å². The summed E-state index contributed by atoms with van der Waals surface area (Å²) in [6.45, 7) is 4.06. The lowest BCUT2D eigenvalue weighted by Crippen LogP contribution is -2.39. The zero-order valence-corrected chi connectivity index (χ0v) is 9.30. The molecule has 1 rings (SSSR count). The fraction of sp³-hybridized carbons (Fsp3) is 1.00. The molecule has 3 heteroatoms. The number of hydrogen-bond acceptors (Lipinski definition) is 1. The molecule has 1 aliphatic carbocycles. The summed E-state index contributed by atoms with van der Waals surface area (Å²) in [4.78, 5) is 3.08. The summed E-state index contributed by atoms with van der Waals surface area (Å²) in [7, 11) is -2.09. The van der Waals surface area contributed by atoms with Crippen LogP contribution in [0.4, 0.5) is 4.11 Å². The highest BCUT2D eigenvalue weighted by Crippen LogP contribution is 2.30. The van der Waals surface area contributed by atoms with Gasteiger partial charge in [0, 0.05) is 0 Å². The van der Waals surface area contributed by atoms with Gasteiger partial charge in [-0.15, -0.1) is 0 Å². The Morgan fingerprint density at radius 1 is 1.25 bits per heavy atom. The fourth-order valence-corrected chi connectivity index (χ4v) is 3.85. The van der Waals surface area contributed by atoms with Crippen molar-refractivity contribution in [2.24, 2.45) is 0 Å². The second-order valence-corrected chi connectivity index (χ2v) is 6.20. The monoisotopic (exact) mass is 189 g/mol. The van der Waals surface area contributed by atoms with Gasteiger partial charge in [0.05, 0.1) is 0 Å². The smallest absolute Gasteiger partial charge is 0.307 e. The van der Waals surface area contributed by atoms with Crippen molar-refractivity contribution in [3.05, 3.63) is 0 Å². The Hall–Kier alpha value is 0.107. The van der Waals surface area contributed by atoms with Crippen molar-refractivity contribution < 1.29 is 4.11 Å². The first kappa shape index (κ1) is 10.2. The van der Waals surface area contributed by atoms with E-state index in [1.165, 1.54) is 19.3 Å². The summed E-state index contributed by atoms with van der Waals surface area (Å²) in [5.41, 5.74) is 0.418. The summed E-state index contributed by atoms with van der Waals surface area (Å²) in [5, 5.41) is 0. The minimum absolute atomic E-state index is 0.327. The van der Waals surface area contributed by atoms with E-state index in [1.54, 1.807) is 0 Å². The first-order valence-electron chi connectivity index (χ1n) is 5.10. The van der Waals surface area contributed by atoms with E-state index in [-0.39, 0.29) is 0 Å². The second-order valence-electron chi connectivity index (χ2n) is 4.12. The lowest BCUT2D eigenvalue weighted by Gasteiger charge is -2.25. The van der Waals surface area contributed by atoms with Gasteiger partial charge in [-0.1, -0.05) is 33.1 Å². The largest absolute Gasteiger partial charge is 0.312 e. The summed E-state index contributed by atoms with van der Waals surface area (Å²) in [5.74, 6) is 0. The van der Waals surface area contributed by atoms with E-state index in [1.807, 2.05) is 13.8 Å². The Morgan fingerprint density at radius 3 is 2.33 bits per heavy atom. The average molecular weight is 189 g/mol. The van der Waals surface area contributed by atoms with E-state index in [2.05, 4.69) is 4.98 Å². The minimum atomic E-state index is -2.09. The highest BCUT2D eigenvalue weighted by molar-refractivity contribution is 6.50. The van der Waals surface area contributed by atoms with Crippen molar-refractivity contribution in [1.29, 1.82) is 0 Å². The maximum Gasteiger partial charge on any atom is 0.307 e. The lowest BCUT2D eigenvalue weighted by molar-refractivity contribution is 0.470. The molecule has 1 fully saturated rings. The summed E-state index contributed by atoms with van der Waals surface area (Å²) in [6, 6.07) is 0.327. The Balaban J connectivity index is 2.24. The highest BCUT2D eigenvalue weighted by atomic mass is 28.3. The minimum Gasteiger partial charge on any atom is -0.312 e. The Labute approximate surface area is 76.6 Å². The van der Waals surface area contributed by atoms with Crippen LogP contribution >= 0.6 is 0 Å². The van der Waals surface area contributed by atoms with Crippen molar-refractivity contribution in [2.45, 2.75) is 57.5 Å². The van der Waals surface area contributed by atoms with Crippen molar-refractivity contribution >= 4 is 9.29 Å². The van der Waals surface area contributed by atoms with Crippen LogP contribution in [0, 0.1) is 0 Å². The van der Waals surface area contributed by atoms with Gasteiger partial charge in [0.15, 0.2) is 0 Å². The highest BCUT2D eigenvalue weighted by Gasteiger charge is 2.25. The van der Waals surface area contributed by atoms with E-state index >= 15 is 0 Å². The van der Waals surface area contributed by atoms with Crippen molar-refractivity contribution in [1.82, 2.24) is 4.98 Å². The van der Waals surface area contributed by atoms with Crippen molar-refractivity contribution in [3.63, 3.8) is 0 Å². The van der Waals surface area contributed by atoms with Crippen LogP contribution in [0.15, 0.2) is 0 Å². The summed E-state index contributed by atoms with van der Waals surface area (Å²) >= 11 is 0. The third-order valence-electron chi connectivity index (χ3n) is 2.56. The molecule has 0 radical (unpaired) electrons. The summed E-state index contributed by atoms with van der Waals surface area (Å²) in [6.07, 6.45) is 6.08. The second kappa shape index (κ2) is 4.97. The van der Waals surface area contributed by atoms with Crippen LogP contribution in [0.1, 0.15) is 46.0 Å². The molecule has 72 valence electrons. The molecule has 0 heterocycles. The molecular weight excluding hydrogens is 169 g/mol. The molecule has 1 atom stereocenters. The van der Waals surface area contributed by atoms with Gasteiger partial charge in [0.2, 0.25) is 0 Å². The van der Waals surface area contributed by atoms with Crippen LogP contribution in [0.25, 0.3) is 0 Å². The average Bonchev–Trinajstić information content (AvgIpc) is 2.05. The molecule has 1 aliphatic rings. The van der Waals surface area contributed by atoms with Gasteiger partial charge in [-0.3, -0.25) is 4.11 Å². The van der Waals surface area contributed by atoms with E-state index in [0.29, 0.717) is 11.6 Å². The number of rotatable bonds is 3.